The van der Waals surface area contributed by atoms with E-state index >= 15 is 0 Å². The number of hydrazine groups is 1. The second-order valence-corrected chi connectivity index (χ2v) is 5.40. The summed E-state index contributed by atoms with van der Waals surface area (Å²) in [6.45, 7) is 2.97. The number of aromatic nitrogens is 2. The van der Waals surface area contributed by atoms with E-state index in [1.54, 1.807) is 20.4 Å². The van der Waals surface area contributed by atoms with Crippen LogP contribution in [0, 0.1) is 0 Å². The summed E-state index contributed by atoms with van der Waals surface area (Å²) in [5.41, 5.74) is 3.66. The van der Waals surface area contributed by atoms with Crippen LogP contribution in [-0.2, 0) is 11.3 Å². The van der Waals surface area contributed by atoms with Gasteiger partial charge in [-0.15, -0.1) is 0 Å². The van der Waals surface area contributed by atoms with Crippen molar-refractivity contribution in [1.82, 2.24) is 15.2 Å². The zero-order valence-electron chi connectivity index (χ0n) is 12.7. The Kier molecular flexibility index (Phi) is 5.01. The fourth-order valence-electron chi connectivity index (χ4n) is 3.28. The number of ether oxygens (including phenoxy) is 2. The predicted molar refractivity (Wildman–Crippen MR) is 77.3 cm³/mol. The molecule has 0 saturated heterocycles. The first-order valence-electron chi connectivity index (χ1n) is 7.33. The largest absolute Gasteiger partial charge is 0.493 e. The molecule has 6 nitrogen and oxygen atoms in total. The van der Waals surface area contributed by atoms with Crippen molar-refractivity contribution in [2.45, 2.75) is 57.2 Å². The third-order valence-electron chi connectivity index (χ3n) is 4.32. The molecule has 0 aliphatic heterocycles. The second kappa shape index (κ2) is 6.56. The Morgan fingerprint density at radius 3 is 2.65 bits per heavy atom. The Bertz CT molecular complexity index is 427. The molecule has 0 spiro atoms. The molecule has 3 N–H and O–H groups in total. The van der Waals surface area contributed by atoms with E-state index in [1.807, 2.05) is 4.68 Å². The van der Waals surface area contributed by atoms with E-state index in [2.05, 4.69) is 17.4 Å². The molecule has 1 aliphatic rings. The summed E-state index contributed by atoms with van der Waals surface area (Å²) in [6.07, 6.45) is 7.09. The third kappa shape index (κ3) is 2.55. The van der Waals surface area contributed by atoms with Crippen LogP contribution in [0.3, 0.4) is 0 Å². The molecule has 2 rings (SSSR count). The summed E-state index contributed by atoms with van der Waals surface area (Å²) in [5, 5.41) is 4.42. The highest BCUT2D eigenvalue weighted by Crippen LogP contribution is 2.44. The van der Waals surface area contributed by atoms with Crippen molar-refractivity contribution in [1.29, 1.82) is 0 Å². The molecule has 0 amide bonds. The van der Waals surface area contributed by atoms with Gasteiger partial charge in [-0.25, -0.2) is 5.43 Å². The summed E-state index contributed by atoms with van der Waals surface area (Å²) < 4.78 is 13.3. The van der Waals surface area contributed by atoms with Crippen LogP contribution >= 0.6 is 0 Å². The maximum absolute atomic E-state index is 5.87. The third-order valence-corrected chi connectivity index (χ3v) is 4.32. The zero-order valence-corrected chi connectivity index (χ0v) is 12.7. The van der Waals surface area contributed by atoms with E-state index in [4.69, 9.17) is 15.3 Å². The molecule has 0 radical (unpaired) electrons. The molecule has 1 unspecified atom stereocenters. The van der Waals surface area contributed by atoms with Crippen LogP contribution in [0.2, 0.25) is 0 Å². The summed E-state index contributed by atoms with van der Waals surface area (Å²) in [7, 11) is 3.43. The number of rotatable bonds is 7. The lowest BCUT2D eigenvalue weighted by Gasteiger charge is -2.36. The Morgan fingerprint density at radius 2 is 2.15 bits per heavy atom. The lowest BCUT2D eigenvalue weighted by molar-refractivity contribution is -0.0396. The molecular formula is C14H26N4O2. The van der Waals surface area contributed by atoms with Gasteiger partial charge in [0.15, 0.2) is 5.75 Å². The highest BCUT2D eigenvalue weighted by atomic mass is 16.5. The summed E-state index contributed by atoms with van der Waals surface area (Å²) >= 11 is 0. The van der Waals surface area contributed by atoms with Crippen molar-refractivity contribution in [2.75, 3.05) is 14.2 Å². The highest BCUT2D eigenvalue weighted by Gasteiger charge is 2.44. The Balaban J connectivity index is 2.42. The lowest BCUT2D eigenvalue weighted by atomic mass is 9.89. The Labute approximate surface area is 120 Å². The van der Waals surface area contributed by atoms with Crippen LogP contribution < -0.4 is 16.0 Å². The van der Waals surface area contributed by atoms with Gasteiger partial charge in [0.05, 0.1) is 24.9 Å². The molecule has 1 saturated carbocycles. The fraction of sp³-hybridized carbons (Fsp3) is 0.786. The number of nitrogens with two attached hydrogens (primary N) is 1. The molecule has 1 atom stereocenters. The van der Waals surface area contributed by atoms with Crippen LogP contribution in [0.5, 0.6) is 5.75 Å². The minimum absolute atomic E-state index is 0.112. The number of nitrogens with zero attached hydrogens (tertiary/aromatic N) is 2. The zero-order chi connectivity index (χ0) is 14.6. The minimum atomic E-state index is -0.270. The van der Waals surface area contributed by atoms with Gasteiger partial charge in [-0.05, 0) is 19.3 Å². The maximum atomic E-state index is 5.87. The number of hydrogen-bond acceptors (Lipinski definition) is 5. The summed E-state index contributed by atoms with van der Waals surface area (Å²) in [6, 6.07) is -0.112. The van der Waals surface area contributed by atoms with Crippen LogP contribution in [0.15, 0.2) is 6.20 Å². The topological polar surface area (TPSA) is 74.3 Å². The average Bonchev–Trinajstić information content (AvgIpc) is 3.09. The maximum Gasteiger partial charge on any atom is 0.161 e. The van der Waals surface area contributed by atoms with E-state index in [0.29, 0.717) is 0 Å². The predicted octanol–water partition coefficient (Wildman–Crippen LogP) is 1.77. The molecule has 1 aromatic heterocycles. The normalized spacial score (nSPS) is 19.2. The molecule has 20 heavy (non-hydrogen) atoms. The van der Waals surface area contributed by atoms with Gasteiger partial charge in [0.25, 0.3) is 0 Å². The van der Waals surface area contributed by atoms with Crippen molar-refractivity contribution < 1.29 is 9.47 Å². The lowest BCUT2D eigenvalue weighted by Crippen LogP contribution is -2.47. The van der Waals surface area contributed by atoms with E-state index in [-0.39, 0.29) is 11.6 Å². The molecule has 1 aromatic rings. The van der Waals surface area contributed by atoms with Gasteiger partial charge >= 0.3 is 0 Å². The molecule has 114 valence electrons. The number of hydrogen-bond donors (Lipinski definition) is 2. The van der Waals surface area contributed by atoms with E-state index in [9.17, 15) is 0 Å². The van der Waals surface area contributed by atoms with Gasteiger partial charge < -0.3 is 9.47 Å². The molecule has 0 bridgehead atoms. The quantitative estimate of drug-likeness (QED) is 0.589. The molecule has 0 aromatic carbocycles. The first-order chi connectivity index (χ1) is 9.72. The van der Waals surface area contributed by atoms with Crippen molar-refractivity contribution in [2.24, 2.45) is 5.84 Å². The van der Waals surface area contributed by atoms with E-state index in [0.717, 1.165) is 50.1 Å². The first-order valence-corrected chi connectivity index (χ1v) is 7.33. The van der Waals surface area contributed by atoms with Crippen molar-refractivity contribution in [3.05, 3.63) is 11.9 Å². The monoisotopic (exact) mass is 282 g/mol. The fourth-order valence-corrected chi connectivity index (χ4v) is 3.28. The van der Waals surface area contributed by atoms with Gasteiger partial charge in [0.2, 0.25) is 0 Å². The van der Waals surface area contributed by atoms with Crippen molar-refractivity contribution >= 4 is 0 Å². The Morgan fingerprint density at radius 1 is 1.45 bits per heavy atom. The number of aryl methyl sites for hydroxylation is 1. The van der Waals surface area contributed by atoms with Crippen LogP contribution in [0.25, 0.3) is 0 Å². The minimum Gasteiger partial charge on any atom is -0.493 e. The van der Waals surface area contributed by atoms with Gasteiger partial charge in [0, 0.05) is 13.7 Å². The van der Waals surface area contributed by atoms with E-state index in [1.165, 1.54) is 0 Å². The Hall–Kier alpha value is -1.11. The van der Waals surface area contributed by atoms with E-state index < -0.39 is 0 Å². The van der Waals surface area contributed by atoms with Crippen molar-refractivity contribution in [3.63, 3.8) is 0 Å². The van der Waals surface area contributed by atoms with Gasteiger partial charge in [-0.1, -0.05) is 19.8 Å². The molecular weight excluding hydrogens is 256 g/mol. The van der Waals surface area contributed by atoms with Crippen molar-refractivity contribution in [3.8, 4) is 5.75 Å². The summed E-state index contributed by atoms with van der Waals surface area (Å²) in [4.78, 5) is 0. The van der Waals surface area contributed by atoms with Gasteiger partial charge in [-0.3, -0.25) is 10.5 Å². The van der Waals surface area contributed by atoms with Gasteiger partial charge in [-0.2, -0.15) is 5.10 Å². The van der Waals surface area contributed by atoms with Crippen LogP contribution in [0.4, 0.5) is 0 Å². The molecule has 6 heteroatoms. The molecule has 1 aliphatic carbocycles. The first kappa shape index (κ1) is 15.3. The van der Waals surface area contributed by atoms with Crippen LogP contribution in [-0.4, -0.2) is 29.6 Å². The SMILES string of the molecule is CCCn1ncc(OC)c1C(NN)C1(OC)CCCC1. The summed E-state index contributed by atoms with van der Waals surface area (Å²) in [5.74, 6) is 6.63. The highest BCUT2D eigenvalue weighted by molar-refractivity contribution is 5.31. The molecule has 1 heterocycles. The van der Waals surface area contributed by atoms with Gasteiger partial charge in [0.1, 0.15) is 5.69 Å². The second-order valence-electron chi connectivity index (χ2n) is 5.40. The standard InChI is InChI=1S/C14H26N4O2/c1-4-9-18-12(11(19-2)10-16-18)13(17-15)14(20-3)7-5-6-8-14/h10,13,17H,4-9,15H2,1-3H3. The van der Waals surface area contributed by atoms with Crippen LogP contribution in [0.1, 0.15) is 50.8 Å². The number of nitrogens with one attached hydrogen (secondary N) is 1. The number of methoxy groups -OCH3 is 2. The molecule has 1 fully saturated rings. The smallest absolute Gasteiger partial charge is 0.161 e. The average molecular weight is 282 g/mol.